The molecule has 16 heavy (non-hydrogen) atoms. The van der Waals surface area contributed by atoms with Gasteiger partial charge >= 0.3 is 5.97 Å². The van der Waals surface area contributed by atoms with Gasteiger partial charge < -0.3 is 4.74 Å². The zero-order valence-corrected chi connectivity index (χ0v) is 9.92. The van der Waals surface area contributed by atoms with Gasteiger partial charge in [-0.3, -0.25) is 4.99 Å². The third-order valence-electron chi connectivity index (χ3n) is 3.18. The highest BCUT2D eigenvalue weighted by Crippen LogP contribution is 2.31. The van der Waals surface area contributed by atoms with E-state index in [1.54, 1.807) is 0 Å². The fourth-order valence-electron chi connectivity index (χ4n) is 2.25. The van der Waals surface area contributed by atoms with Crippen LogP contribution in [0.5, 0.6) is 0 Å². The molecule has 0 spiro atoms. The first-order valence-corrected chi connectivity index (χ1v) is 6.32. The van der Waals surface area contributed by atoms with Gasteiger partial charge in [-0.25, -0.2) is 4.79 Å². The van der Waals surface area contributed by atoms with E-state index in [4.69, 9.17) is 4.74 Å². The van der Waals surface area contributed by atoms with Crippen molar-refractivity contribution >= 4 is 11.9 Å². The van der Waals surface area contributed by atoms with E-state index in [0.29, 0.717) is 5.90 Å². The average Bonchev–Trinajstić information content (AvgIpc) is 2.63. The maximum atomic E-state index is 11.5. The van der Waals surface area contributed by atoms with Crippen molar-refractivity contribution in [1.29, 1.82) is 0 Å². The van der Waals surface area contributed by atoms with Crippen molar-refractivity contribution in [2.45, 2.75) is 51.9 Å². The van der Waals surface area contributed by atoms with E-state index >= 15 is 0 Å². The van der Waals surface area contributed by atoms with E-state index in [-0.39, 0.29) is 5.97 Å². The van der Waals surface area contributed by atoms with Crippen LogP contribution in [-0.4, -0.2) is 18.4 Å². The van der Waals surface area contributed by atoms with Crippen LogP contribution in [0.4, 0.5) is 0 Å². The number of aliphatic imine (C=N–C) groups is 1. The standard InChI is InChI=1S/C13H19NO2/c1-2-3-6-9-14-12-10-7-4-5-8-11(10)13(15)16-12/h2-9H2,1H3. The maximum Gasteiger partial charge on any atom is 0.341 e. The number of esters is 1. The van der Waals surface area contributed by atoms with Gasteiger partial charge in [0.15, 0.2) is 0 Å². The summed E-state index contributed by atoms with van der Waals surface area (Å²) < 4.78 is 5.23. The Bertz CT molecular complexity index is 342. The number of hydrogen-bond acceptors (Lipinski definition) is 3. The van der Waals surface area contributed by atoms with Crippen molar-refractivity contribution < 1.29 is 9.53 Å². The van der Waals surface area contributed by atoms with Crippen molar-refractivity contribution in [3.63, 3.8) is 0 Å². The van der Waals surface area contributed by atoms with Gasteiger partial charge in [-0.2, -0.15) is 0 Å². The molecule has 1 heterocycles. The van der Waals surface area contributed by atoms with E-state index in [0.717, 1.165) is 49.8 Å². The number of carbonyl (C=O) groups excluding carboxylic acids is 1. The lowest BCUT2D eigenvalue weighted by Crippen LogP contribution is -2.04. The average molecular weight is 221 g/mol. The molecule has 88 valence electrons. The van der Waals surface area contributed by atoms with Crippen LogP contribution in [0.3, 0.4) is 0 Å². The second kappa shape index (κ2) is 5.28. The number of hydrogen-bond donors (Lipinski definition) is 0. The van der Waals surface area contributed by atoms with E-state index in [2.05, 4.69) is 11.9 Å². The predicted molar refractivity (Wildman–Crippen MR) is 63.4 cm³/mol. The first-order valence-electron chi connectivity index (χ1n) is 6.32. The van der Waals surface area contributed by atoms with Crippen LogP contribution in [0.2, 0.25) is 0 Å². The zero-order chi connectivity index (χ0) is 11.4. The molecular weight excluding hydrogens is 202 g/mol. The monoisotopic (exact) mass is 221 g/mol. The molecule has 1 aliphatic carbocycles. The van der Waals surface area contributed by atoms with Gasteiger partial charge in [0.05, 0.1) is 0 Å². The topological polar surface area (TPSA) is 38.7 Å². The largest absolute Gasteiger partial charge is 0.404 e. The van der Waals surface area contributed by atoms with Crippen LogP contribution in [0, 0.1) is 0 Å². The quantitative estimate of drug-likeness (QED) is 0.540. The minimum Gasteiger partial charge on any atom is -0.404 e. The molecule has 0 atom stereocenters. The summed E-state index contributed by atoms with van der Waals surface area (Å²) in [5.41, 5.74) is 1.98. The molecule has 0 aromatic carbocycles. The number of unbranched alkanes of at least 4 members (excludes halogenated alkanes) is 2. The van der Waals surface area contributed by atoms with Crippen molar-refractivity contribution in [3.05, 3.63) is 11.1 Å². The van der Waals surface area contributed by atoms with Gasteiger partial charge in [-0.15, -0.1) is 0 Å². The minimum absolute atomic E-state index is 0.149. The summed E-state index contributed by atoms with van der Waals surface area (Å²) in [6.07, 6.45) is 7.58. The van der Waals surface area contributed by atoms with Gasteiger partial charge in [-0.05, 0) is 32.1 Å². The summed E-state index contributed by atoms with van der Waals surface area (Å²) in [5.74, 6) is 0.472. The number of rotatable bonds is 4. The van der Waals surface area contributed by atoms with Crippen LogP contribution < -0.4 is 0 Å². The maximum absolute atomic E-state index is 11.5. The second-order valence-corrected chi connectivity index (χ2v) is 4.45. The Kier molecular flexibility index (Phi) is 3.75. The molecule has 0 radical (unpaired) electrons. The molecule has 0 amide bonds. The van der Waals surface area contributed by atoms with Crippen molar-refractivity contribution in [2.24, 2.45) is 4.99 Å². The molecule has 0 aromatic heterocycles. The Morgan fingerprint density at radius 1 is 1.19 bits per heavy atom. The van der Waals surface area contributed by atoms with Crippen molar-refractivity contribution in [2.75, 3.05) is 6.54 Å². The third kappa shape index (κ3) is 2.34. The first-order chi connectivity index (χ1) is 7.83. The lowest BCUT2D eigenvalue weighted by molar-refractivity contribution is -0.130. The Morgan fingerprint density at radius 2 is 1.94 bits per heavy atom. The Morgan fingerprint density at radius 3 is 2.69 bits per heavy atom. The molecule has 2 rings (SSSR count). The highest BCUT2D eigenvalue weighted by molar-refractivity contribution is 6.14. The van der Waals surface area contributed by atoms with Gasteiger partial charge in [0.1, 0.15) is 0 Å². The second-order valence-electron chi connectivity index (χ2n) is 4.45. The van der Waals surface area contributed by atoms with Gasteiger partial charge in [0, 0.05) is 17.7 Å². The van der Waals surface area contributed by atoms with Gasteiger partial charge in [0.25, 0.3) is 0 Å². The summed E-state index contributed by atoms with van der Waals surface area (Å²) in [6.45, 7) is 2.96. The Hall–Kier alpha value is -1.12. The highest BCUT2D eigenvalue weighted by Gasteiger charge is 2.32. The predicted octanol–water partition coefficient (Wildman–Crippen LogP) is 3.00. The minimum atomic E-state index is -0.149. The molecule has 3 heteroatoms. The molecule has 0 bridgehead atoms. The van der Waals surface area contributed by atoms with E-state index in [1.807, 2.05) is 0 Å². The van der Waals surface area contributed by atoms with Crippen molar-refractivity contribution in [1.82, 2.24) is 0 Å². The number of carbonyl (C=O) groups is 1. The fourth-order valence-corrected chi connectivity index (χ4v) is 2.25. The first kappa shape index (κ1) is 11.4. The van der Waals surface area contributed by atoms with Gasteiger partial charge in [-0.1, -0.05) is 19.8 Å². The molecule has 0 saturated carbocycles. The lowest BCUT2D eigenvalue weighted by Gasteiger charge is -2.09. The lowest BCUT2D eigenvalue weighted by atomic mass is 9.93. The van der Waals surface area contributed by atoms with Gasteiger partial charge in [0.2, 0.25) is 5.90 Å². The number of nitrogens with zero attached hydrogens (tertiary/aromatic N) is 1. The summed E-state index contributed by atoms with van der Waals surface area (Å²) >= 11 is 0. The molecule has 0 unspecified atom stereocenters. The van der Waals surface area contributed by atoms with Crippen LogP contribution >= 0.6 is 0 Å². The molecule has 0 fully saturated rings. The molecule has 0 N–H and O–H groups in total. The zero-order valence-electron chi connectivity index (χ0n) is 9.92. The summed E-state index contributed by atoms with van der Waals surface area (Å²) in [7, 11) is 0. The smallest absolute Gasteiger partial charge is 0.341 e. The number of cyclic esters (lactones) is 1. The molecule has 3 nitrogen and oxygen atoms in total. The Labute approximate surface area is 96.6 Å². The highest BCUT2D eigenvalue weighted by atomic mass is 16.5. The molecule has 0 saturated heterocycles. The van der Waals surface area contributed by atoms with Crippen LogP contribution in [0.25, 0.3) is 0 Å². The van der Waals surface area contributed by atoms with Crippen LogP contribution in [0.15, 0.2) is 16.1 Å². The van der Waals surface area contributed by atoms with E-state index in [9.17, 15) is 4.79 Å². The van der Waals surface area contributed by atoms with Crippen molar-refractivity contribution in [3.8, 4) is 0 Å². The number of ether oxygens (including phenoxy) is 1. The van der Waals surface area contributed by atoms with E-state index in [1.165, 1.54) is 12.8 Å². The SMILES string of the molecule is CCCCCN=C1OC(=O)C2=C1CCCC2. The molecule has 0 aromatic rings. The van der Waals surface area contributed by atoms with Crippen LogP contribution in [-0.2, 0) is 9.53 Å². The third-order valence-corrected chi connectivity index (χ3v) is 3.18. The fraction of sp³-hybridized carbons (Fsp3) is 0.692. The summed E-state index contributed by atoms with van der Waals surface area (Å²) in [5, 5.41) is 0. The normalized spacial score (nSPS) is 22.6. The summed E-state index contributed by atoms with van der Waals surface area (Å²) in [6, 6.07) is 0. The summed E-state index contributed by atoms with van der Waals surface area (Å²) in [4.78, 5) is 16.0. The van der Waals surface area contributed by atoms with Crippen LogP contribution in [0.1, 0.15) is 51.9 Å². The van der Waals surface area contributed by atoms with E-state index < -0.39 is 0 Å². The molecular formula is C13H19NO2. The molecule has 1 aliphatic heterocycles. The Balaban J connectivity index is 2.01. The molecule has 2 aliphatic rings.